The van der Waals surface area contributed by atoms with Crippen LogP contribution >= 0.6 is 0 Å². The minimum absolute atomic E-state index is 0.143. The lowest BCUT2D eigenvalue weighted by Gasteiger charge is -2.44. The minimum atomic E-state index is -4.12. The predicted molar refractivity (Wildman–Crippen MR) is 71.3 cm³/mol. The molecule has 3 nitrogen and oxygen atoms in total. The highest BCUT2D eigenvalue weighted by atomic mass is 19.4. The average Bonchev–Trinajstić information content (AvgIpc) is 2.26. The molecule has 6 heteroatoms. The van der Waals surface area contributed by atoms with Crippen LogP contribution in [0.2, 0.25) is 0 Å². The highest BCUT2D eigenvalue weighted by Gasteiger charge is 2.29. The number of halogens is 3. The fourth-order valence-electron chi connectivity index (χ4n) is 2.39. The quantitative estimate of drug-likeness (QED) is 0.849. The van der Waals surface area contributed by atoms with Crippen molar-refractivity contribution in [3.8, 4) is 0 Å². The lowest BCUT2D eigenvalue weighted by molar-refractivity contribution is -0.125. The average molecular weight is 281 g/mol. The van der Waals surface area contributed by atoms with Gasteiger partial charge >= 0.3 is 6.18 Å². The van der Waals surface area contributed by atoms with Crippen molar-refractivity contribution < 1.29 is 13.2 Å². The Kier molecular flexibility index (Phi) is 5.65. The van der Waals surface area contributed by atoms with Crippen molar-refractivity contribution >= 4 is 0 Å². The molecule has 1 aliphatic rings. The fraction of sp³-hybridized carbons (Fsp3) is 1.00. The van der Waals surface area contributed by atoms with Gasteiger partial charge in [-0.15, -0.1) is 0 Å². The molecule has 1 rings (SSSR count). The van der Waals surface area contributed by atoms with Gasteiger partial charge in [0.05, 0.1) is 6.54 Å². The largest absolute Gasteiger partial charge is 0.401 e. The summed E-state index contributed by atoms with van der Waals surface area (Å²) in [6, 6.07) is 0.143. The standard InChI is InChI=1S/C13H26F3N3/c1-11(9-17-10-13(14,15)16)18-5-7-19(8-6-18)12(2,3)4/h11,17H,5-10H2,1-4H3. The molecule has 1 heterocycles. The van der Waals surface area contributed by atoms with Crippen LogP contribution < -0.4 is 5.32 Å². The van der Waals surface area contributed by atoms with E-state index in [0.717, 1.165) is 26.2 Å². The van der Waals surface area contributed by atoms with Crippen LogP contribution in [0.1, 0.15) is 27.7 Å². The maximum atomic E-state index is 12.0. The van der Waals surface area contributed by atoms with Crippen molar-refractivity contribution in [3.05, 3.63) is 0 Å². The van der Waals surface area contributed by atoms with E-state index < -0.39 is 12.7 Å². The Morgan fingerprint density at radius 2 is 1.58 bits per heavy atom. The summed E-state index contributed by atoms with van der Waals surface area (Å²) in [5.41, 5.74) is 0.170. The van der Waals surface area contributed by atoms with Crippen molar-refractivity contribution in [2.75, 3.05) is 39.3 Å². The molecule has 0 amide bonds. The Morgan fingerprint density at radius 3 is 2.00 bits per heavy atom. The summed E-state index contributed by atoms with van der Waals surface area (Å²) in [7, 11) is 0. The van der Waals surface area contributed by atoms with Gasteiger partial charge in [-0.1, -0.05) is 0 Å². The number of hydrogen-bond acceptors (Lipinski definition) is 3. The van der Waals surface area contributed by atoms with E-state index in [1.54, 1.807) is 0 Å². The van der Waals surface area contributed by atoms with E-state index in [0.29, 0.717) is 6.54 Å². The maximum Gasteiger partial charge on any atom is 0.401 e. The molecule has 0 saturated carbocycles. The van der Waals surface area contributed by atoms with E-state index in [-0.39, 0.29) is 11.6 Å². The van der Waals surface area contributed by atoms with Crippen molar-refractivity contribution in [1.82, 2.24) is 15.1 Å². The van der Waals surface area contributed by atoms with E-state index in [4.69, 9.17) is 0 Å². The van der Waals surface area contributed by atoms with Crippen molar-refractivity contribution in [3.63, 3.8) is 0 Å². The number of piperazine rings is 1. The Bertz CT molecular complexity index is 265. The van der Waals surface area contributed by atoms with Gasteiger partial charge < -0.3 is 5.32 Å². The Hall–Kier alpha value is -0.330. The van der Waals surface area contributed by atoms with Gasteiger partial charge in [0.1, 0.15) is 0 Å². The van der Waals surface area contributed by atoms with Crippen molar-refractivity contribution in [2.24, 2.45) is 0 Å². The molecule has 0 aliphatic carbocycles. The van der Waals surface area contributed by atoms with Gasteiger partial charge in [0.2, 0.25) is 0 Å². The van der Waals surface area contributed by atoms with Crippen LogP contribution in [-0.2, 0) is 0 Å². The molecule has 0 aromatic heterocycles. The van der Waals surface area contributed by atoms with Crippen LogP contribution in [0, 0.1) is 0 Å². The van der Waals surface area contributed by atoms with Gasteiger partial charge in [-0.05, 0) is 27.7 Å². The van der Waals surface area contributed by atoms with Crippen molar-refractivity contribution in [2.45, 2.75) is 45.5 Å². The van der Waals surface area contributed by atoms with Crippen molar-refractivity contribution in [1.29, 1.82) is 0 Å². The third-order valence-corrected chi connectivity index (χ3v) is 3.65. The normalized spacial score (nSPS) is 21.6. The second kappa shape index (κ2) is 6.41. The number of hydrogen-bond donors (Lipinski definition) is 1. The summed E-state index contributed by atoms with van der Waals surface area (Å²) < 4.78 is 36.1. The van der Waals surface area contributed by atoms with Crippen LogP contribution in [0.25, 0.3) is 0 Å². The SMILES string of the molecule is CC(CNCC(F)(F)F)N1CCN(C(C)(C)C)CC1. The predicted octanol–water partition coefficient (Wildman–Crippen LogP) is 1.94. The first-order valence-corrected chi connectivity index (χ1v) is 6.86. The van der Waals surface area contributed by atoms with E-state index in [2.05, 4.69) is 35.9 Å². The molecule has 0 bridgehead atoms. The van der Waals surface area contributed by atoms with Crippen LogP contribution in [0.15, 0.2) is 0 Å². The highest BCUT2D eigenvalue weighted by molar-refractivity contribution is 4.84. The zero-order valence-corrected chi connectivity index (χ0v) is 12.3. The molecule has 1 unspecified atom stereocenters. The van der Waals surface area contributed by atoms with Crippen LogP contribution in [-0.4, -0.2) is 66.8 Å². The van der Waals surface area contributed by atoms with Gasteiger partial charge in [-0.25, -0.2) is 0 Å². The topological polar surface area (TPSA) is 18.5 Å². The second-order valence-electron chi connectivity index (χ2n) is 6.29. The zero-order chi connectivity index (χ0) is 14.7. The van der Waals surface area contributed by atoms with Crippen LogP contribution in [0.5, 0.6) is 0 Å². The Labute approximate surface area is 114 Å². The number of nitrogens with one attached hydrogen (secondary N) is 1. The molecule has 114 valence electrons. The molecule has 0 radical (unpaired) electrons. The van der Waals surface area contributed by atoms with Crippen LogP contribution in [0.3, 0.4) is 0 Å². The first-order valence-electron chi connectivity index (χ1n) is 6.86. The first kappa shape index (κ1) is 16.7. The molecular weight excluding hydrogens is 255 g/mol. The summed E-state index contributed by atoms with van der Waals surface area (Å²) in [5.74, 6) is 0. The molecule has 1 saturated heterocycles. The third-order valence-electron chi connectivity index (χ3n) is 3.65. The van der Waals surface area contributed by atoms with Gasteiger partial charge in [0.15, 0.2) is 0 Å². The molecule has 1 fully saturated rings. The molecule has 0 spiro atoms. The molecule has 19 heavy (non-hydrogen) atoms. The monoisotopic (exact) mass is 281 g/mol. The Balaban J connectivity index is 2.27. The summed E-state index contributed by atoms with van der Waals surface area (Å²) in [6.45, 7) is 11.8. The van der Waals surface area contributed by atoms with E-state index in [1.165, 1.54) is 0 Å². The summed E-state index contributed by atoms with van der Waals surface area (Å²) in [6.07, 6.45) is -4.12. The number of rotatable bonds is 4. The zero-order valence-electron chi connectivity index (χ0n) is 12.3. The Morgan fingerprint density at radius 1 is 1.05 bits per heavy atom. The third kappa shape index (κ3) is 6.10. The number of alkyl halides is 3. The maximum absolute atomic E-state index is 12.0. The van der Waals surface area contributed by atoms with E-state index in [9.17, 15) is 13.2 Å². The second-order valence-corrected chi connectivity index (χ2v) is 6.29. The summed E-state index contributed by atoms with van der Waals surface area (Å²) >= 11 is 0. The molecule has 1 atom stereocenters. The summed E-state index contributed by atoms with van der Waals surface area (Å²) in [5, 5.41) is 2.48. The number of nitrogens with zero attached hydrogens (tertiary/aromatic N) is 2. The van der Waals surface area contributed by atoms with Gasteiger partial charge in [0.25, 0.3) is 0 Å². The molecule has 0 aromatic rings. The lowest BCUT2D eigenvalue weighted by atomic mass is 10.0. The fourth-order valence-corrected chi connectivity index (χ4v) is 2.39. The molecule has 0 aromatic carbocycles. The first-order chi connectivity index (χ1) is 8.59. The van der Waals surface area contributed by atoms with Crippen LogP contribution in [0.4, 0.5) is 13.2 Å². The summed E-state index contributed by atoms with van der Waals surface area (Å²) in [4.78, 5) is 4.67. The van der Waals surface area contributed by atoms with Gasteiger partial charge in [-0.2, -0.15) is 13.2 Å². The highest BCUT2D eigenvalue weighted by Crippen LogP contribution is 2.17. The van der Waals surface area contributed by atoms with E-state index in [1.807, 2.05) is 6.92 Å². The molecule has 1 N–H and O–H groups in total. The minimum Gasteiger partial charge on any atom is -0.307 e. The van der Waals surface area contributed by atoms with Gasteiger partial charge in [-0.3, -0.25) is 9.80 Å². The van der Waals surface area contributed by atoms with E-state index >= 15 is 0 Å². The lowest BCUT2D eigenvalue weighted by Crippen LogP contribution is -2.56. The van der Waals surface area contributed by atoms with Gasteiger partial charge in [0, 0.05) is 44.3 Å². The smallest absolute Gasteiger partial charge is 0.307 e. The molecular formula is C13H26F3N3. The molecule has 1 aliphatic heterocycles.